The smallest absolute Gasteiger partial charge is 0.387 e. The maximum Gasteiger partial charge on any atom is 0.472 e. The standard InChI is InChI=1S/C21H25N9O11P2S/c22-15-7-1-2-29(16(7)25-5-24-15)19-12(32)13-9(39-19)3-36-42(44)40-14-11(31)8(4-37-43(34,35)41-13)38-20(14)30-6-26-10-17(30)27-21(23)28-18(10)33/h1-2,5-6,8-9,11-14,19-20,31-32,44H,3-4H2,(H,34,35)(H2,22,24,25)(H3,23,27,28,33)/t8-,9-,11?,12?,13?,14?,19-,20-,42?/m1/s1. The van der Waals surface area contributed by atoms with E-state index in [1.165, 1.54) is 21.8 Å². The molecule has 4 aromatic rings. The van der Waals surface area contributed by atoms with Gasteiger partial charge in [0.1, 0.15) is 54.4 Å². The predicted molar refractivity (Wildman–Crippen MR) is 152 cm³/mol. The number of nitrogen functional groups attached to an aromatic ring is 2. The topological polar surface area (TPSA) is 279 Å². The number of anilines is 2. The Bertz CT molecular complexity index is 1820. The molecule has 236 valence electrons. The number of hydrogen-bond donors (Lipinski definition) is 7. The Morgan fingerprint density at radius 2 is 1.84 bits per heavy atom. The molecule has 6 unspecified atom stereocenters. The Balaban J connectivity index is 1.18. The van der Waals surface area contributed by atoms with E-state index in [0.717, 1.165) is 0 Å². The second-order valence-electron chi connectivity index (χ2n) is 10.0. The number of aliphatic hydroxyl groups is 2. The van der Waals surface area contributed by atoms with E-state index in [9.17, 15) is 24.5 Å². The van der Waals surface area contributed by atoms with Crippen molar-refractivity contribution >= 4 is 61.6 Å². The van der Waals surface area contributed by atoms with Gasteiger partial charge in [0.05, 0.1) is 24.9 Å². The molecule has 7 heterocycles. The Morgan fingerprint density at radius 1 is 1.05 bits per heavy atom. The van der Waals surface area contributed by atoms with Crippen molar-refractivity contribution in [2.45, 2.75) is 49.1 Å². The van der Waals surface area contributed by atoms with E-state index in [-0.39, 0.29) is 29.5 Å². The normalized spacial score (nSPS) is 36.6. The van der Waals surface area contributed by atoms with E-state index < -0.39 is 76.6 Å². The van der Waals surface area contributed by atoms with Gasteiger partial charge in [-0.25, -0.2) is 19.5 Å². The largest absolute Gasteiger partial charge is 0.472 e. The van der Waals surface area contributed by atoms with Gasteiger partial charge in [-0.3, -0.25) is 23.4 Å². The van der Waals surface area contributed by atoms with E-state index in [1.54, 1.807) is 12.3 Å². The van der Waals surface area contributed by atoms with E-state index in [1.807, 2.05) is 0 Å². The molecule has 0 saturated carbocycles. The minimum absolute atomic E-state index is 0.0344. The van der Waals surface area contributed by atoms with Crippen molar-refractivity contribution in [1.29, 1.82) is 0 Å². The summed E-state index contributed by atoms with van der Waals surface area (Å²) in [5.74, 6) is 0.0254. The molecule has 4 aromatic heterocycles. The van der Waals surface area contributed by atoms with Crippen LogP contribution in [0.4, 0.5) is 11.8 Å². The van der Waals surface area contributed by atoms with Crippen LogP contribution in [-0.4, -0.2) is 99.0 Å². The first-order valence-electron chi connectivity index (χ1n) is 12.9. The monoisotopic (exact) mass is 673 g/mol. The van der Waals surface area contributed by atoms with E-state index in [2.05, 4.69) is 37.2 Å². The number of thiol groups is 1. The molecule has 20 nitrogen and oxygen atoms in total. The maximum absolute atomic E-state index is 13.1. The molecule has 3 fully saturated rings. The number of imidazole rings is 1. The third-order valence-electron chi connectivity index (χ3n) is 7.38. The number of nitrogens with two attached hydrogens (primary N) is 2. The predicted octanol–water partition coefficient (Wildman–Crippen LogP) is -0.680. The number of nitrogens with zero attached hydrogens (tertiary/aromatic N) is 6. The molecule has 23 heteroatoms. The lowest BCUT2D eigenvalue weighted by molar-refractivity contribution is -0.0600. The average molecular weight is 673 g/mol. The van der Waals surface area contributed by atoms with Crippen LogP contribution in [0.5, 0.6) is 0 Å². The summed E-state index contributed by atoms with van der Waals surface area (Å²) in [5, 5.41) is 22.8. The van der Waals surface area contributed by atoms with Gasteiger partial charge >= 0.3 is 7.82 Å². The van der Waals surface area contributed by atoms with Gasteiger partial charge in [0.25, 0.3) is 5.56 Å². The number of phosphoric acid groups is 1. The van der Waals surface area contributed by atoms with Crippen LogP contribution in [-0.2, 0) is 32.1 Å². The van der Waals surface area contributed by atoms with Gasteiger partial charge < -0.3 is 49.7 Å². The molecular weight excluding hydrogens is 648 g/mol. The third kappa shape index (κ3) is 5.17. The molecule has 0 aromatic carbocycles. The fraction of sp³-hybridized carbons (Fsp3) is 0.476. The SMILES string of the molecule is Nc1nc2c(ncn2[C@@H]2O[C@@H]3COP(=O)(O)OC4C(O)[C@H](n5ccc6c(N)ncnc65)O[C@@H]4COP(S)OC2C3O)c(=O)[nH]1. The van der Waals surface area contributed by atoms with Crippen molar-refractivity contribution < 1.29 is 47.2 Å². The van der Waals surface area contributed by atoms with Crippen LogP contribution in [0.3, 0.4) is 0 Å². The second-order valence-corrected chi connectivity index (χ2v) is 13.4. The van der Waals surface area contributed by atoms with Crippen LogP contribution >= 0.6 is 27.6 Å². The van der Waals surface area contributed by atoms with Gasteiger partial charge in [-0.15, -0.1) is 0 Å². The molecule has 3 aliphatic rings. The molecular formula is C21H25N9O11P2S. The molecule has 0 aliphatic carbocycles. The molecule has 0 spiro atoms. The Kier molecular flexibility index (Phi) is 7.63. The van der Waals surface area contributed by atoms with Crippen LogP contribution in [0.1, 0.15) is 12.5 Å². The number of aromatic amines is 1. The number of phosphoric ester groups is 1. The summed E-state index contributed by atoms with van der Waals surface area (Å²) in [7, 11) is -6.99. The lowest BCUT2D eigenvalue weighted by atomic mass is 10.1. The summed E-state index contributed by atoms with van der Waals surface area (Å²) >= 11 is 4.40. The first-order chi connectivity index (χ1) is 21.0. The summed E-state index contributed by atoms with van der Waals surface area (Å²) in [6.07, 6.45) is -6.18. The van der Waals surface area contributed by atoms with Gasteiger partial charge in [-0.1, -0.05) is 12.2 Å². The highest BCUT2D eigenvalue weighted by Crippen LogP contribution is 2.53. The number of nitrogens with one attached hydrogen (secondary N) is 1. The number of aromatic nitrogens is 7. The third-order valence-corrected chi connectivity index (χ3v) is 9.79. The molecule has 10 atom stereocenters. The zero-order chi connectivity index (χ0) is 30.9. The summed E-state index contributed by atoms with van der Waals surface area (Å²) in [6, 6.07) is 1.63. The highest BCUT2D eigenvalue weighted by molar-refractivity contribution is 8.41. The number of rotatable bonds is 2. The highest BCUT2D eigenvalue weighted by atomic mass is 32.7. The van der Waals surface area contributed by atoms with E-state index in [4.69, 9.17) is 39.0 Å². The molecule has 3 saturated heterocycles. The van der Waals surface area contributed by atoms with E-state index >= 15 is 0 Å². The Labute approximate surface area is 251 Å². The lowest BCUT2D eigenvalue weighted by Crippen LogP contribution is -2.36. The highest BCUT2D eigenvalue weighted by Gasteiger charge is 2.52. The number of ether oxygens (including phenoxy) is 2. The van der Waals surface area contributed by atoms with Crippen molar-refractivity contribution in [3.8, 4) is 0 Å². The maximum atomic E-state index is 13.1. The quantitative estimate of drug-likeness (QED) is 0.102. The first-order valence-corrected chi connectivity index (χ1v) is 16.7. The van der Waals surface area contributed by atoms with Gasteiger partial charge in [0, 0.05) is 6.20 Å². The van der Waals surface area contributed by atoms with Crippen LogP contribution in [0.15, 0.2) is 29.7 Å². The van der Waals surface area contributed by atoms with Gasteiger partial charge in [-0.2, -0.15) is 4.98 Å². The molecule has 44 heavy (non-hydrogen) atoms. The van der Waals surface area contributed by atoms with Gasteiger partial charge in [0.2, 0.25) is 13.5 Å². The second kappa shape index (κ2) is 11.2. The van der Waals surface area contributed by atoms with Gasteiger partial charge in [0.15, 0.2) is 23.6 Å². The molecule has 7 rings (SSSR count). The summed E-state index contributed by atoms with van der Waals surface area (Å²) in [6.45, 7) is -0.974. The van der Waals surface area contributed by atoms with Crippen molar-refractivity contribution in [1.82, 2.24) is 34.1 Å². The van der Waals surface area contributed by atoms with Gasteiger partial charge in [-0.05, 0) is 6.07 Å². The lowest BCUT2D eigenvalue weighted by Gasteiger charge is -2.26. The molecule has 3 aliphatic heterocycles. The summed E-state index contributed by atoms with van der Waals surface area (Å²) in [4.78, 5) is 41.6. The van der Waals surface area contributed by atoms with Crippen LogP contribution in [0, 0.1) is 0 Å². The minimum atomic E-state index is -4.91. The van der Waals surface area contributed by atoms with Crippen molar-refractivity contribution in [2.75, 3.05) is 24.7 Å². The summed E-state index contributed by atoms with van der Waals surface area (Å²) in [5.41, 5.74) is 11.4. The fourth-order valence-electron chi connectivity index (χ4n) is 5.36. The zero-order valence-electron chi connectivity index (χ0n) is 22.1. The van der Waals surface area contributed by atoms with Crippen LogP contribution in [0.25, 0.3) is 22.2 Å². The van der Waals surface area contributed by atoms with Crippen LogP contribution in [0.2, 0.25) is 0 Å². The average Bonchev–Trinajstić information content (AvgIpc) is 3.72. The molecule has 8 N–H and O–H groups in total. The van der Waals surface area contributed by atoms with Crippen molar-refractivity contribution in [2.24, 2.45) is 0 Å². The number of aliphatic hydroxyl groups excluding tert-OH is 2. The Morgan fingerprint density at radius 3 is 2.66 bits per heavy atom. The number of H-pyrrole nitrogens is 1. The fourth-order valence-corrected chi connectivity index (χ4v) is 7.62. The van der Waals surface area contributed by atoms with Crippen molar-refractivity contribution in [3.63, 3.8) is 0 Å². The number of fused-ring (bicyclic) bond motifs is 5. The minimum Gasteiger partial charge on any atom is -0.387 e. The zero-order valence-corrected chi connectivity index (χ0v) is 24.8. The first kappa shape index (κ1) is 29.9. The molecule has 0 radical (unpaired) electrons. The van der Waals surface area contributed by atoms with E-state index in [0.29, 0.717) is 11.0 Å². The van der Waals surface area contributed by atoms with Crippen LogP contribution < -0.4 is 17.0 Å². The molecule has 2 bridgehead atoms. The summed E-state index contributed by atoms with van der Waals surface area (Å²) < 4.78 is 50.2. The van der Waals surface area contributed by atoms with Crippen molar-refractivity contribution in [3.05, 3.63) is 35.3 Å². The Hall–Kier alpha value is -2.78. The molecule has 0 amide bonds. The number of hydrogen-bond acceptors (Lipinski definition) is 17.